The second-order valence-electron chi connectivity index (χ2n) is 7.77. The Morgan fingerprint density at radius 2 is 1.72 bits per heavy atom. The van der Waals surface area contributed by atoms with Gasteiger partial charge in [0.25, 0.3) is 5.91 Å². The molecule has 1 atom stereocenters. The minimum Gasteiger partial charge on any atom is -0.340 e. The molecule has 2 N–H and O–H groups in total. The monoisotopic (exact) mass is 463 g/mol. The van der Waals surface area contributed by atoms with Crippen LogP contribution in [0.2, 0.25) is 0 Å². The third-order valence-electron chi connectivity index (χ3n) is 5.11. The van der Waals surface area contributed by atoms with Crippen molar-refractivity contribution < 1.29 is 22.4 Å². The summed E-state index contributed by atoms with van der Waals surface area (Å²) in [5.41, 5.74) is 0.861. The molecule has 0 saturated carbocycles. The first-order valence-corrected chi connectivity index (χ1v) is 11.9. The highest BCUT2D eigenvalue weighted by Gasteiger charge is 2.27. The van der Waals surface area contributed by atoms with E-state index in [-0.39, 0.29) is 22.1 Å². The maximum atomic E-state index is 13.8. The molecule has 0 heterocycles. The molecule has 1 unspecified atom stereocenters. The summed E-state index contributed by atoms with van der Waals surface area (Å²) in [6.07, 6.45) is 0. The van der Waals surface area contributed by atoms with E-state index in [0.717, 1.165) is 0 Å². The molecule has 2 amide bonds. The lowest BCUT2D eigenvalue weighted by Gasteiger charge is -2.22. The Kier molecular flexibility index (Phi) is 8.51. The molecule has 32 heavy (non-hydrogen) atoms. The van der Waals surface area contributed by atoms with Crippen LogP contribution in [0.3, 0.4) is 0 Å². The molecule has 174 valence electrons. The van der Waals surface area contributed by atoms with E-state index in [2.05, 4.69) is 10.6 Å². The number of amides is 2. The number of anilines is 1. The number of nitrogens with one attached hydrogen (secondary N) is 2. The van der Waals surface area contributed by atoms with Crippen LogP contribution < -0.4 is 10.6 Å². The summed E-state index contributed by atoms with van der Waals surface area (Å²) < 4.78 is 40.6. The van der Waals surface area contributed by atoms with Crippen molar-refractivity contribution in [1.82, 2.24) is 9.62 Å². The van der Waals surface area contributed by atoms with Crippen LogP contribution in [-0.4, -0.2) is 43.7 Å². The third kappa shape index (κ3) is 5.92. The summed E-state index contributed by atoms with van der Waals surface area (Å²) in [4.78, 5) is 25.6. The maximum absolute atomic E-state index is 13.8. The van der Waals surface area contributed by atoms with Gasteiger partial charge in [0.15, 0.2) is 0 Å². The standard InChI is InChI=1S/C23H30FN3O4S/c1-6-27(7-2)32(30,31)19-10-8-9-17(13-19)22(28)26-21(15(3)4)23(29)25-18-12-11-16(5)20(24)14-18/h8-15,21H,6-7H2,1-5H3,(H,25,29)(H,26,28). The minimum atomic E-state index is -3.73. The lowest BCUT2D eigenvalue weighted by molar-refractivity contribution is -0.118. The number of sulfonamides is 1. The van der Waals surface area contributed by atoms with E-state index < -0.39 is 33.7 Å². The van der Waals surface area contributed by atoms with Crippen molar-refractivity contribution in [2.75, 3.05) is 18.4 Å². The van der Waals surface area contributed by atoms with Crippen LogP contribution in [0.15, 0.2) is 47.4 Å². The molecule has 2 rings (SSSR count). The van der Waals surface area contributed by atoms with Crippen molar-refractivity contribution in [2.45, 2.75) is 45.6 Å². The van der Waals surface area contributed by atoms with Crippen molar-refractivity contribution in [3.05, 3.63) is 59.4 Å². The van der Waals surface area contributed by atoms with Gasteiger partial charge in [-0.25, -0.2) is 12.8 Å². The number of carbonyl (C=O) groups excluding carboxylic acids is 2. The molecule has 0 aliphatic heterocycles. The van der Waals surface area contributed by atoms with Crippen molar-refractivity contribution in [3.63, 3.8) is 0 Å². The van der Waals surface area contributed by atoms with Gasteiger partial charge in [0, 0.05) is 24.3 Å². The molecule has 0 fully saturated rings. The zero-order valence-corrected chi connectivity index (χ0v) is 19.8. The molecule has 9 heteroatoms. The number of aryl methyl sites for hydroxylation is 1. The predicted octanol–water partition coefficient (Wildman–Crippen LogP) is 3.56. The molecular weight excluding hydrogens is 433 g/mol. The largest absolute Gasteiger partial charge is 0.340 e. The average Bonchev–Trinajstić information content (AvgIpc) is 2.74. The van der Waals surface area contributed by atoms with Gasteiger partial charge in [-0.15, -0.1) is 0 Å². The molecule has 0 saturated heterocycles. The molecule has 2 aromatic carbocycles. The van der Waals surface area contributed by atoms with Crippen molar-refractivity contribution in [2.24, 2.45) is 5.92 Å². The van der Waals surface area contributed by atoms with E-state index in [1.807, 2.05) is 0 Å². The van der Waals surface area contributed by atoms with Gasteiger partial charge in [-0.2, -0.15) is 4.31 Å². The van der Waals surface area contributed by atoms with Gasteiger partial charge < -0.3 is 10.6 Å². The van der Waals surface area contributed by atoms with E-state index in [9.17, 15) is 22.4 Å². The van der Waals surface area contributed by atoms with E-state index in [1.165, 1.54) is 34.6 Å². The van der Waals surface area contributed by atoms with Crippen molar-refractivity contribution in [3.8, 4) is 0 Å². The number of nitrogens with zero attached hydrogens (tertiary/aromatic N) is 1. The lowest BCUT2D eigenvalue weighted by atomic mass is 10.0. The number of hydrogen-bond acceptors (Lipinski definition) is 4. The topological polar surface area (TPSA) is 95.6 Å². The Morgan fingerprint density at radius 3 is 2.28 bits per heavy atom. The first kappa shape index (κ1) is 25.5. The smallest absolute Gasteiger partial charge is 0.251 e. The first-order valence-electron chi connectivity index (χ1n) is 10.5. The molecule has 0 spiro atoms. The van der Waals surface area contributed by atoms with Crippen LogP contribution in [0.5, 0.6) is 0 Å². The molecule has 7 nitrogen and oxygen atoms in total. The third-order valence-corrected chi connectivity index (χ3v) is 7.16. The minimum absolute atomic E-state index is 0.00882. The van der Waals surface area contributed by atoms with Crippen LogP contribution in [0.4, 0.5) is 10.1 Å². The number of halogens is 1. The second kappa shape index (κ2) is 10.7. The van der Waals surface area contributed by atoms with Crippen LogP contribution in [0.1, 0.15) is 43.6 Å². The van der Waals surface area contributed by atoms with Gasteiger partial charge in [0.05, 0.1) is 4.90 Å². The number of hydrogen-bond donors (Lipinski definition) is 2. The Hall–Kier alpha value is -2.78. The highest BCUT2D eigenvalue weighted by molar-refractivity contribution is 7.89. The summed E-state index contributed by atoms with van der Waals surface area (Å²) in [7, 11) is -3.73. The van der Waals surface area contributed by atoms with Crippen molar-refractivity contribution >= 4 is 27.5 Å². The van der Waals surface area contributed by atoms with Gasteiger partial charge in [-0.05, 0) is 48.7 Å². The van der Waals surface area contributed by atoms with E-state index in [4.69, 9.17) is 0 Å². The lowest BCUT2D eigenvalue weighted by Crippen LogP contribution is -2.47. The highest BCUT2D eigenvalue weighted by atomic mass is 32.2. The van der Waals surface area contributed by atoms with Gasteiger partial charge in [-0.1, -0.05) is 39.8 Å². The quantitative estimate of drug-likeness (QED) is 0.594. The Balaban J connectivity index is 2.23. The predicted molar refractivity (Wildman–Crippen MR) is 122 cm³/mol. The molecule has 2 aromatic rings. The Morgan fingerprint density at radius 1 is 1.06 bits per heavy atom. The van der Waals surface area contributed by atoms with Crippen LogP contribution >= 0.6 is 0 Å². The van der Waals surface area contributed by atoms with Gasteiger partial charge in [0.2, 0.25) is 15.9 Å². The summed E-state index contributed by atoms with van der Waals surface area (Å²) >= 11 is 0. The van der Waals surface area contributed by atoms with Crippen LogP contribution in [-0.2, 0) is 14.8 Å². The number of benzene rings is 2. The van der Waals surface area contributed by atoms with Crippen molar-refractivity contribution in [1.29, 1.82) is 0 Å². The summed E-state index contributed by atoms with van der Waals surface area (Å²) in [5, 5.41) is 5.28. The molecule has 0 aromatic heterocycles. The summed E-state index contributed by atoms with van der Waals surface area (Å²) in [6.45, 7) is 9.25. The fourth-order valence-electron chi connectivity index (χ4n) is 3.16. The van der Waals surface area contributed by atoms with Gasteiger partial charge in [-0.3, -0.25) is 9.59 Å². The Labute approximate surface area is 189 Å². The fourth-order valence-corrected chi connectivity index (χ4v) is 4.66. The summed E-state index contributed by atoms with van der Waals surface area (Å²) in [6, 6.07) is 9.15. The molecule has 0 bridgehead atoms. The van der Waals surface area contributed by atoms with E-state index >= 15 is 0 Å². The Bertz CT molecular complexity index is 1080. The molecule has 0 aliphatic carbocycles. The summed E-state index contributed by atoms with van der Waals surface area (Å²) in [5.74, 6) is -1.79. The number of rotatable bonds is 9. The fraction of sp³-hybridized carbons (Fsp3) is 0.391. The first-order chi connectivity index (χ1) is 15.0. The zero-order chi connectivity index (χ0) is 24.1. The zero-order valence-electron chi connectivity index (χ0n) is 19.0. The van der Waals surface area contributed by atoms with Gasteiger partial charge >= 0.3 is 0 Å². The van der Waals surface area contributed by atoms with Crippen LogP contribution in [0.25, 0.3) is 0 Å². The molecule has 0 radical (unpaired) electrons. The van der Waals surface area contributed by atoms with Crippen LogP contribution in [0, 0.1) is 18.7 Å². The average molecular weight is 464 g/mol. The highest BCUT2D eigenvalue weighted by Crippen LogP contribution is 2.18. The number of carbonyl (C=O) groups is 2. The maximum Gasteiger partial charge on any atom is 0.251 e. The van der Waals surface area contributed by atoms with Gasteiger partial charge in [0.1, 0.15) is 11.9 Å². The SMILES string of the molecule is CCN(CC)S(=O)(=O)c1cccc(C(=O)NC(C(=O)Nc2ccc(C)c(F)c2)C(C)C)c1. The van der Waals surface area contributed by atoms with E-state index in [0.29, 0.717) is 18.7 Å². The normalized spacial score (nSPS) is 12.6. The molecule has 0 aliphatic rings. The second-order valence-corrected chi connectivity index (χ2v) is 9.70. The van der Waals surface area contributed by atoms with E-state index in [1.54, 1.807) is 46.8 Å². The molecular formula is C23H30FN3O4S.